The van der Waals surface area contributed by atoms with Crippen molar-refractivity contribution in [2.45, 2.75) is 13.5 Å². The minimum Gasteiger partial charge on any atom is -0.395 e. The Morgan fingerprint density at radius 1 is 1.89 bits per heavy atom. The van der Waals surface area contributed by atoms with E-state index in [1.54, 1.807) is 4.68 Å². The smallest absolute Gasteiger partial charge is 0.359 e. The first-order valence-corrected chi connectivity index (χ1v) is 2.63. The third-order valence-corrected chi connectivity index (χ3v) is 0.995. The van der Waals surface area contributed by atoms with Gasteiger partial charge in [-0.3, -0.25) is 0 Å². The molecular weight excluding hydrogens is 116 g/mol. The molecule has 9 heavy (non-hydrogen) atoms. The fraction of sp³-hybridized carbons (Fsp3) is 0.400. The molecule has 0 aliphatic carbocycles. The highest BCUT2D eigenvalue weighted by molar-refractivity contribution is 5.22. The van der Waals surface area contributed by atoms with Crippen LogP contribution in [0, 0.1) is 6.57 Å². The number of aromatic nitrogens is 3. The molecule has 0 aromatic carbocycles. The highest BCUT2D eigenvalue weighted by atomic mass is 15.4. The molecule has 1 aromatic rings. The monoisotopic (exact) mass is 122 g/mol. The van der Waals surface area contributed by atoms with Gasteiger partial charge in [-0.05, 0) is 6.92 Å². The predicted octanol–water partition coefficient (Wildman–Crippen LogP) is 0.849. The molecule has 1 aromatic heterocycles. The summed E-state index contributed by atoms with van der Waals surface area (Å²) in [6.07, 6.45) is 1.39. The molecule has 1 rings (SSSR count). The summed E-state index contributed by atoms with van der Waals surface area (Å²) in [5.74, 6) is 0.359. The van der Waals surface area contributed by atoms with Gasteiger partial charge in [0.1, 0.15) is 0 Å². The molecule has 0 spiro atoms. The van der Waals surface area contributed by atoms with E-state index in [1.807, 2.05) is 6.92 Å². The zero-order valence-electron chi connectivity index (χ0n) is 5.07. The van der Waals surface area contributed by atoms with Crippen molar-refractivity contribution < 1.29 is 0 Å². The van der Waals surface area contributed by atoms with Gasteiger partial charge < -0.3 is 4.85 Å². The Morgan fingerprint density at radius 2 is 2.67 bits per heavy atom. The van der Waals surface area contributed by atoms with Crippen molar-refractivity contribution in [3.8, 4) is 0 Å². The van der Waals surface area contributed by atoms with E-state index in [9.17, 15) is 0 Å². The van der Waals surface area contributed by atoms with Crippen LogP contribution in [0.15, 0.2) is 6.33 Å². The van der Waals surface area contributed by atoms with E-state index >= 15 is 0 Å². The van der Waals surface area contributed by atoms with Crippen LogP contribution in [0.1, 0.15) is 6.92 Å². The van der Waals surface area contributed by atoms with E-state index < -0.39 is 0 Å². The van der Waals surface area contributed by atoms with Crippen LogP contribution < -0.4 is 0 Å². The van der Waals surface area contributed by atoms with Crippen LogP contribution in [0.3, 0.4) is 0 Å². The Kier molecular flexibility index (Phi) is 1.45. The molecule has 4 heteroatoms. The Balaban J connectivity index is 3.02. The summed E-state index contributed by atoms with van der Waals surface area (Å²) >= 11 is 0. The zero-order chi connectivity index (χ0) is 6.69. The van der Waals surface area contributed by atoms with E-state index in [-0.39, 0.29) is 0 Å². The number of aryl methyl sites for hydroxylation is 1. The zero-order valence-corrected chi connectivity index (χ0v) is 5.07. The van der Waals surface area contributed by atoms with E-state index in [0.29, 0.717) is 12.5 Å². The van der Waals surface area contributed by atoms with Gasteiger partial charge in [-0.25, -0.2) is 4.68 Å². The Morgan fingerprint density at radius 3 is 3.11 bits per heavy atom. The Bertz CT molecular complexity index is 231. The molecule has 4 nitrogen and oxygen atoms in total. The molecular formula is C5H6N4. The van der Waals surface area contributed by atoms with E-state index in [1.165, 1.54) is 6.33 Å². The van der Waals surface area contributed by atoms with Gasteiger partial charge in [0, 0.05) is 0 Å². The second kappa shape index (κ2) is 2.27. The number of hydrogen-bond donors (Lipinski definition) is 0. The lowest BCUT2D eigenvalue weighted by atomic mass is 10.7. The summed E-state index contributed by atoms with van der Waals surface area (Å²) in [7, 11) is 0. The lowest BCUT2D eigenvalue weighted by Crippen LogP contribution is -1.93. The van der Waals surface area contributed by atoms with Crippen molar-refractivity contribution in [1.29, 1.82) is 0 Å². The number of nitrogens with zero attached hydrogens (tertiary/aromatic N) is 4. The van der Waals surface area contributed by atoms with Gasteiger partial charge in [-0.2, -0.15) is 0 Å². The van der Waals surface area contributed by atoms with Crippen LogP contribution >= 0.6 is 0 Å². The highest BCUT2D eigenvalue weighted by Crippen LogP contribution is 2.03. The van der Waals surface area contributed by atoms with Crippen LogP contribution in [-0.2, 0) is 6.54 Å². The van der Waals surface area contributed by atoms with Gasteiger partial charge in [-0.15, -0.1) is 11.6 Å². The summed E-state index contributed by atoms with van der Waals surface area (Å²) in [6.45, 7) is 9.23. The molecule has 1 heterocycles. The van der Waals surface area contributed by atoms with Crippen molar-refractivity contribution in [2.24, 2.45) is 0 Å². The normalized spacial score (nSPS) is 8.89. The topological polar surface area (TPSA) is 35.1 Å². The van der Waals surface area contributed by atoms with Gasteiger partial charge >= 0.3 is 5.95 Å². The molecule has 0 saturated heterocycles. The average Bonchev–Trinajstić information content (AvgIpc) is 2.33. The fourth-order valence-electron chi connectivity index (χ4n) is 0.568. The van der Waals surface area contributed by atoms with Crippen LogP contribution in [0.2, 0.25) is 0 Å². The first kappa shape index (κ1) is 5.76. The summed E-state index contributed by atoms with van der Waals surface area (Å²) < 4.78 is 1.55. The molecule has 0 aliphatic rings. The number of rotatable bonds is 1. The highest BCUT2D eigenvalue weighted by Gasteiger charge is 1.99. The second-order valence-corrected chi connectivity index (χ2v) is 1.49. The quantitative estimate of drug-likeness (QED) is 0.517. The summed E-state index contributed by atoms with van der Waals surface area (Å²) in [4.78, 5) is 6.84. The minimum absolute atomic E-state index is 0.359. The third kappa shape index (κ3) is 0.891. The van der Waals surface area contributed by atoms with Crippen molar-refractivity contribution in [3.05, 3.63) is 17.7 Å². The fourth-order valence-corrected chi connectivity index (χ4v) is 0.568. The van der Waals surface area contributed by atoms with Crippen molar-refractivity contribution in [2.75, 3.05) is 0 Å². The summed E-state index contributed by atoms with van der Waals surface area (Å²) in [6, 6.07) is 0. The average molecular weight is 122 g/mol. The van der Waals surface area contributed by atoms with Gasteiger partial charge in [0.25, 0.3) is 0 Å². The van der Waals surface area contributed by atoms with Gasteiger partial charge in [0.15, 0.2) is 0 Å². The maximum absolute atomic E-state index is 6.61. The van der Waals surface area contributed by atoms with Crippen LogP contribution in [0.25, 0.3) is 4.85 Å². The molecule has 0 bridgehead atoms. The standard InChI is InChI=1S/C5H6N4/c1-3-9-5(6-2)7-4-8-9/h4H,3H2,1H3. The summed E-state index contributed by atoms with van der Waals surface area (Å²) in [5, 5.41) is 3.80. The molecule has 0 radical (unpaired) electrons. The largest absolute Gasteiger partial charge is 0.395 e. The second-order valence-electron chi connectivity index (χ2n) is 1.49. The van der Waals surface area contributed by atoms with Crippen molar-refractivity contribution in [3.63, 3.8) is 0 Å². The Hall–Kier alpha value is -1.37. The van der Waals surface area contributed by atoms with Crippen molar-refractivity contribution >= 4 is 5.95 Å². The lowest BCUT2D eigenvalue weighted by Gasteiger charge is -1.89. The SMILES string of the molecule is [C-]#[N+]c1ncnn1CC. The first-order chi connectivity index (χ1) is 4.38. The lowest BCUT2D eigenvalue weighted by molar-refractivity contribution is 0.671. The molecule has 46 valence electrons. The van der Waals surface area contributed by atoms with E-state index in [2.05, 4.69) is 14.9 Å². The molecule has 0 atom stereocenters. The van der Waals surface area contributed by atoms with E-state index in [0.717, 1.165) is 0 Å². The van der Waals surface area contributed by atoms with Gasteiger partial charge in [0.2, 0.25) is 6.33 Å². The van der Waals surface area contributed by atoms with Gasteiger partial charge in [0.05, 0.1) is 6.54 Å². The van der Waals surface area contributed by atoms with E-state index in [4.69, 9.17) is 6.57 Å². The Labute approximate surface area is 53.0 Å². The molecule has 0 unspecified atom stereocenters. The minimum atomic E-state index is 0.359. The molecule has 0 saturated carbocycles. The maximum atomic E-state index is 6.61. The molecule has 0 aliphatic heterocycles. The van der Waals surface area contributed by atoms with Gasteiger partial charge in [-0.1, -0.05) is 5.10 Å². The third-order valence-electron chi connectivity index (χ3n) is 0.995. The van der Waals surface area contributed by atoms with Crippen molar-refractivity contribution in [1.82, 2.24) is 14.8 Å². The van der Waals surface area contributed by atoms with Crippen LogP contribution in [0.4, 0.5) is 5.95 Å². The number of hydrogen-bond acceptors (Lipinski definition) is 2. The van der Waals surface area contributed by atoms with Crippen LogP contribution in [0.5, 0.6) is 0 Å². The maximum Gasteiger partial charge on any atom is 0.359 e. The van der Waals surface area contributed by atoms with Crippen LogP contribution in [-0.4, -0.2) is 14.8 Å². The molecule has 0 N–H and O–H groups in total. The predicted molar refractivity (Wildman–Crippen MR) is 32.0 cm³/mol. The first-order valence-electron chi connectivity index (χ1n) is 2.63. The summed E-state index contributed by atoms with van der Waals surface area (Å²) in [5.41, 5.74) is 0. The molecule has 0 fully saturated rings. The molecule has 0 amide bonds.